The highest BCUT2D eigenvalue weighted by molar-refractivity contribution is 8.00. The molecule has 0 atom stereocenters. The first-order valence-electron chi connectivity index (χ1n) is 8.06. The smallest absolute Gasteiger partial charge is 0.101 e. The van der Waals surface area contributed by atoms with Crippen LogP contribution in [0, 0.1) is 16.7 Å². The molecule has 0 aromatic rings. The average molecular weight is 391 g/mol. The van der Waals surface area contributed by atoms with Crippen LogP contribution in [0.25, 0.3) is 0 Å². The van der Waals surface area contributed by atoms with Gasteiger partial charge in [0.2, 0.25) is 0 Å². The summed E-state index contributed by atoms with van der Waals surface area (Å²) in [5, 5.41) is 9.91. The van der Waals surface area contributed by atoms with Crippen LogP contribution in [0.3, 0.4) is 0 Å². The number of thiocarbonyl (C=S) groups is 4. The molecule has 0 N–H and O–H groups in total. The molecule has 0 radical (unpaired) electrons. The van der Waals surface area contributed by atoms with Crippen molar-refractivity contribution in [3.63, 3.8) is 0 Å². The zero-order valence-electron chi connectivity index (χ0n) is 13.8. The van der Waals surface area contributed by atoms with E-state index in [1.807, 2.05) is 0 Å². The van der Waals surface area contributed by atoms with Gasteiger partial charge in [0.25, 0.3) is 0 Å². The molecule has 0 aromatic carbocycles. The van der Waals surface area contributed by atoms with E-state index in [1.54, 1.807) is 0 Å². The summed E-state index contributed by atoms with van der Waals surface area (Å²) in [4.78, 5) is 4.46. The van der Waals surface area contributed by atoms with E-state index < -0.39 is 0 Å². The van der Waals surface area contributed by atoms with Crippen LogP contribution in [-0.4, -0.2) is 37.4 Å². The Labute approximate surface area is 164 Å². The molecule has 0 aromatic heterocycles. The third-order valence-corrected chi connectivity index (χ3v) is 6.89. The van der Waals surface area contributed by atoms with Gasteiger partial charge in [0, 0.05) is 24.4 Å². The maximum absolute atomic E-state index is 9.91. The maximum atomic E-state index is 9.91. The van der Waals surface area contributed by atoms with Crippen LogP contribution in [-0.2, 0) is 0 Å². The second kappa shape index (κ2) is 6.45. The molecule has 0 spiro atoms. The number of likely N-dealkylation sites (tertiary alicyclic amines) is 1. The van der Waals surface area contributed by atoms with Crippen molar-refractivity contribution in [1.29, 1.82) is 5.26 Å². The predicted molar refractivity (Wildman–Crippen MR) is 114 cm³/mol. The van der Waals surface area contributed by atoms with Crippen LogP contribution < -0.4 is 0 Å². The van der Waals surface area contributed by atoms with E-state index in [1.165, 1.54) is 12.8 Å². The van der Waals surface area contributed by atoms with Crippen molar-refractivity contribution in [2.75, 3.05) is 13.1 Å². The topological polar surface area (TPSA) is 27.0 Å². The molecule has 0 amide bonds. The Morgan fingerprint density at radius 3 is 1.96 bits per heavy atom. The first kappa shape index (κ1) is 17.9. The SMILES string of the molecule is CC1(C)CC(=C2C(=S)C(=S)C(=S)C2=S)C(C#N)=C(N2CCCC2)C1. The Kier molecular flexibility index (Phi) is 4.82. The molecular formula is C18H18N2S4. The van der Waals surface area contributed by atoms with Crippen molar-refractivity contribution in [3.05, 3.63) is 22.4 Å². The first-order valence-corrected chi connectivity index (χ1v) is 9.69. The lowest BCUT2D eigenvalue weighted by Crippen LogP contribution is -2.30. The summed E-state index contributed by atoms with van der Waals surface area (Å²) in [6.45, 7) is 6.50. The van der Waals surface area contributed by atoms with Gasteiger partial charge in [0.05, 0.1) is 25.0 Å². The lowest BCUT2D eigenvalue weighted by molar-refractivity contribution is 0.287. The van der Waals surface area contributed by atoms with E-state index in [0.717, 1.165) is 48.3 Å². The molecule has 1 heterocycles. The van der Waals surface area contributed by atoms with Crippen LogP contribution in [0.4, 0.5) is 0 Å². The summed E-state index contributed by atoms with van der Waals surface area (Å²) in [7, 11) is 0. The van der Waals surface area contributed by atoms with Crippen molar-refractivity contribution in [2.45, 2.75) is 39.5 Å². The maximum Gasteiger partial charge on any atom is 0.101 e. The monoisotopic (exact) mass is 390 g/mol. The summed E-state index contributed by atoms with van der Waals surface area (Å²) in [6, 6.07) is 2.44. The van der Waals surface area contributed by atoms with Crippen LogP contribution >= 0.6 is 48.9 Å². The summed E-state index contributed by atoms with van der Waals surface area (Å²) < 4.78 is 0. The van der Waals surface area contributed by atoms with Gasteiger partial charge in [-0.1, -0.05) is 62.7 Å². The lowest BCUT2D eigenvalue weighted by Gasteiger charge is -2.37. The van der Waals surface area contributed by atoms with Gasteiger partial charge in [-0.15, -0.1) is 0 Å². The molecule has 3 rings (SSSR count). The number of hydrogen-bond acceptors (Lipinski definition) is 6. The van der Waals surface area contributed by atoms with Crippen molar-refractivity contribution >= 4 is 68.3 Å². The fraction of sp³-hybridized carbons (Fsp3) is 0.500. The summed E-state index contributed by atoms with van der Waals surface area (Å²) >= 11 is 21.7. The fourth-order valence-electron chi connectivity index (χ4n) is 3.76. The minimum Gasteiger partial charge on any atom is -0.374 e. The minimum atomic E-state index is 0.0532. The predicted octanol–water partition coefficient (Wildman–Crippen LogP) is 4.47. The molecule has 3 aliphatic rings. The highest BCUT2D eigenvalue weighted by atomic mass is 32.1. The molecule has 2 aliphatic carbocycles. The largest absolute Gasteiger partial charge is 0.374 e. The van der Waals surface area contributed by atoms with Crippen molar-refractivity contribution in [1.82, 2.24) is 4.90 Å². The zero-order valence-corrected chi connectivity index (χ0v) is 17.0. The van der Waals surface area contributed by atoms with Gasteiger partial charge in [-0.25, -0.2) is 0 Å². The molecule has 6 heteroatoms. The molecule has 2 fully saturated rings. The molecule has 124 valence electrons. The molecule has 1 aliphatic heterocycles. The highest BCUT2D eigenvalue weighted by Crippen LogP contribution is 2.45. The number of hydrogen-bond donors (Lipinski definition) is 0. The Balaban J connectivity index is 2.24. The highest BCUT2D eigenvalue weighted by Gasteiger charge is 2.40. The quantitative estimate of drug-likeness (QED) is 0.484. The Bertz CT molecular complexity index is 758. The molecule has 2 nitrogen and oxygen atoms in total. The Morgan fingerprint density at radius 2 is 1.46 bits per heavy atom. The lowest BCUT2D eigenvalue weighted by atomic mass is 9.72. The second-order valence-electron chi connectivity index (χ2n) is 7.32. The third-order valence-electron chi connectivity index (χ3n) is 4.87. The van der Waals surface area contributed by atoms with E-state index >= 15 is 0 Å². The van der Waals surface area contributed by atoms with Crippen LogP contribution in [0.15, 0.2) is 22.4 Å². The van der Waals surface area contributed by atoms with Crippen molar-refractivity contribution in [2.24, 2.45) is 5.41 Å². The van der Waals surface area contributed by atoms with E-state index in [0.29, 0.717) is 19.5 Å². The Morgan fingerprint density at radius 1 is 0.917 bits per heavy atom. The van der Waals surface area contributed by atoms with Crippen LogP contribution in [0.1, 0.15) is 39.5 Å². The molecule has 24 heavy (non-hydrogen) atoms. The minimum absolute atomic E-state index is 0.0532. The second-order valence-corrected chi connectivity index (χ2v) is 8.95. The summed E-state index contributed by atoms with van der Waals surface area (Å²) in [5.41, 5.74) is 3.66. The molecule has 1 saturated carbocycles. The van der Waals surface area contributed by atoms with Gasteiger partial charge in [-0.3, -0.25) is 0 Å². The Hall–Kier alpha value is -0.870. The van der Waals surface area contributed by atoms with Gasteiger partial charge < -0.3 is 4.90 Å². The number of nitrogens with zero attached hydrogens (tertiary/aromatic N) is 2. The standard InChI is InChI=1S/C18H18N2S4/c1-18(2)7-10(13-14(21)16(23)17(24)15(13)22)11(9-19)12(8-18)20-5-3-4-6-20/h3-8H2,1-2H3. The van der Waals surface area contributed by atoms with Gasteiger partial charge in [0.1, 0.15) is 6.07 Å². The van der Waals surface area contributed by atoms with Gasteiger partial charge >= 0.3 is 0 Å². The van der Waals surface area contributed by atoms with E-state index in [4.69, 9.17) is 48.9 Å². The molecule has 1 saturated heterocycles. The van der Waals surface area contributed by atoms with E-state index in [9.17, 15) is 5.26 Å². The van der Waals surface area contributed by atoms with Crippen molar-refractivity contribution < 1.29 is 0 Å². The number of rotatable bonds is 1. The van der Waals surface area contributed by atoms with Gasteiger partial charge in [-0.2, -0.15) is 5.26 Å². The van der Waals surface area contributed by atoms with Gasteiger partial charge in [-0.05, 0) is 36.7 Å². The summed E-state index contributed by atoms with van der Waals surface area (Å²) in [6.07, 6.45) is 4.04. The number of nitriles is 1. The van der Waals surface area contributed by atoms with Gasteiger partial charge in [0.15, 0.2) is 0 Å². The third kappa shape index (κ3) is 2.92. The fourth-order valence-corrected chi connectivity index (χ4v) is 5.01. The summed E-state index contributed by atoms with van der Waals surface area (Å²) in [5.74, 6) is 0. The van der Waals surface area contributed by atoms with E-state index in [2.05, 4.69) is 24.8 Å². The van der Waals surface area contributed by atoms with Crippen molar-refractivity contribution in [3.8, 4) is 6.07 Å². The molecule has 0 bridgehead atoms. The zero-order chi connectivity index (χ0) is 17.6. The van der Waals surface area contributed by atoms with E-state index in [-0.39, 0.29) is 5.41 Å². The normalized spacial score (nSPS) is 24.3. The van der Waals surface area contributed by atoms with Crippen LogP contribution in [0.5, 0.6) is 0 Å². The molecular weight excluding hydrogens is 372 g/mol. The number of allylic oxidation sites excluding steroid dienone is 4. The first-order chi connectivity index (χ1) is 11.3. The average Bonchev–Trinajstić information content (AvgIpc) is 3.11. The van der Waals surface area contributed by atoms with Crippen LogP contribution in [0.2, 0.25) is 0 Å². The molecule has 0 unspecified atom stereocenters.